The Morgan fingerprint density at radius 1 is 1.71 bits per heavy atom. The molecular formula is C10H17N5O2. The van der Waals surface area contributed by atoms with Gasteiger partial charge in [0.05, 0.1) is 18.1 Å². The van der Waals surface area contributed by atoms with Crippen molar-refractivity contribution < 1.29 is 9.53 Å². The van der Waals surface area contributed by atoms with E-state index in [1.807, 2.05) is 13.8 Å². The Morgan fingerprint density at radius 2 is 2.53 bits per heavy atom. The third kappa shape index (κ3) is 2.60. The van der Waals surface area contributed by atoms with Gasteiger partial charge in [0.2, 0.25) is 5.91 Å². The van der Waals surface area contributed by atoms with Crippen LogP contribution in [0.3, 0.4) is 0 Å². The Balaban J connectivity index is 1.92. The summed E-state index contributed by atoms with van der Waals surface area (Å²) >= 11 is 0. The number of nitrogens with one attached hydrogen (secondary N) is 2. The first-order valence-corrected chi connectivity index (χ1v) is 5.87. The summed E-state index contributed by atoms with van der Waals surface area (Å²) < 4.78 is 5.50. The number of carbonyl (C=O) groups is 1. The molecule has 2 N–H and O–H groups in total. The van der Waals surface area contributed by atoms with Crippen LogP contribution in [-0.2, 0) is 9.53 Å². The first-order chi connectivity index (χ1) is 8.22. The highest BCUT2D eigenvalue weighted by Crippen LogP contribution is 2.24. The van der Waals surface area contributed by atoms with Crippen LogP contribution in [0.15, 0.2) is 0 Å². The second-order valence-corrected chi connectivity index (χ2v) is 4.21. The number of carbonyl (C=O) groups excluding carboxylic acids is 1. The predicted molar refractivity (Wildman–Crippen MR) is 58.9 cm³/mol. The Hall–Kier alpha value is -1.50. The fraction of sp³-hybridized carbons (Fsp3) is 0.800. The summed E-state index contributed by atoms with van der Waals surface area (Å²) in [6.07, 6.45) is 1.67. The molecule has 0 aromatic carbocycles. The number of hydrogen-bond donors (Lipinski definition) is 2. The van der Waals surface area contributed by atoms with E-state index in [2.05, 4.69) is 25.9 Å². The van der Waals surface area contributed by atoms with Crippen LogP contribution < -0.4 is 5.32 Å². The SMILES string of the molecule is CCC1OCCC1C(=O)NC(C)c1nn[nH]n1. The zero-order chi connectivity index (χ0) is 12.3. The highest BCUT2D eigenvalue weighted by atomic mass is 16.5. The van der Waals surface area contributed by atoms with Crippen molar-refractivity contribution in [1.82, 2.24) is 25.9 Å². The fourth-order valence-corrected chi connectivity index (χ4v) is 2.09. The molecule has 7 nitrogen and oxygen atoms in total. The molecule has 3 unspecified atom stereocenters. The van der Waals surface area contributed by atoms with Crippen LogP contribution in [0.2, 0.25) is 0 Å². The van der Waals surface area contributed by atoms with E-state index in [4.69, 9.17) is 4.74 Å². The third-order valence-corrected chi connectivity index (χ3v) is 3.06. The molecular weight excluding hydrogens is 222 g/mol. The molecule has 0 radical (unpaired) electrons. The maximum atomic E-state index is 12.0. The van der Waals surface area contributed by atoms with Gasteiger partial charge in [-0.1, -0.05) is 12.1 Å². The van der Waals surface area contributed by atoms with Crippen LogP contribution >= 0.6 is 0 Å². The topological polar surface area (TPSA) is 92.8 Å². The largest absolute Gasteiger partial charge is 0.377 e. The average Bonchev–Trinajstić information content (AvgIpc) is 2.99. The van der Waals surface area contributed by atoms with Gasteiger partial charge in [-0.3, -0.25) is 4.79 Å². The molecule has 7 heteroatoms. The van der Waals surface area contributed by atoms with Crippen molar-refractivity contribution in [1.29, 1.82) is 0 Å². The minimum atomic E-state index is -0.237. The number of ether oxygens (including phenoxy) is 1. The number of rotatable bonds is 4. The van der Waals surface area contributed by atoms with Gasteiger partial charge in [0.25, 0.3) is 0 Å². The van der Waals surface area contributed by atoms with E-state index < -0.39 is 0 Å². The zero-order valence-corrected chi connectivity index (χ0v) is 10.0. The minimum absolute atomic E-state index is 0.00616. The van der Waals surface area contributed by atoms with Crippen LogP contribution in [0.25, 0.3) is 0 Å². The molecule has 0 saturated carbocycles. The first-order valence-electron chi connectivity index (χ1n) is 5.87. The van der Waals surface area contributed by atoms with Gasteiger partial charge >= 0.3 is 0 Å². The summed E-state index contributed by atoms with van der Waals surface area (Å²) in [5, 5.41) is 16.4. The van der Waals surface area contributed by atoms with Crippen molar-refractivity contribution in [2.75, 3.05) is 6.61 Å². The van der Waals surface area contributed by atoms with Crippen LogP contribution in [0.5, 0.6) is 0 Å². The van der Waals surface area contributed by atoms with Gasteiger partial charge in [-0.15, -0.1) is 10.2 Å². The second kappa shape index (κ2) is 5.22. The maximum Gasteiger partial charge on any atom is 0.226 e. The second-order valence-electron chi connectivity index (χ2n) is 4.21. The standard InChI is InChI=1S/C10H17N5O2/c1-3-8-7(4-5-17-8)10(16)11-6(2)9-12-14-15-13-9/h6-8H,3-5H2,1-2H3,(H,11,16)(H,12,13,14,15). The van der Waals surface area contributed by atoms with Gasteiger partial charge < -0.3 is 10.1 Å². The summed E-state index contributed by atoms with van der Waals surface area (Å²) in [7, 11) is 0. The Kier molecular flexibility index (Phi) is 3.68. The van der Waals surface area contributed by atoms with Crippen molar-refractivity contribution in [3.8, 4) is 0 Å². The number of amides is 1. The highest BCUT2D eigenvalue weighted by molar-refractivity contribution is 5.79. The molecule has 1 aromatic heterocycles. The monoisotopic (exact) mass is 239 g/mol. The number of H-pyrrole nitrogens is 1. The quantitative estimate of drug-likeness (QED) is 0.782. The van der Waals surface area contributed by atoms with Gasteiger partial charge in [-0.25, -0.2) is 0 Å². The lowest BCUT2D eigenvalue weighted by Crippen LogP contribution is -2.36. The Morgan fingerprint density at radius 3 is 3.18 bits per heavy atom. The van der Waals surface area contributed by atoms with Crippen molar-refractivity contribution in [3.63, 3.8) is 0 Å². The molecule has 0 aliphatic carbocycles. The maximum absolute atomic E-state index is 12.0. The van der Waals surface area contributed by atoms with Crippen LogP contribution in [0.1, 0.15) is 38.6 Å². The normalized spacial score (nSPS) is 25.8. The molecule has 1 amide bonds. The number of aromatic amines is 1. The first kappa shape index (κ1) is 12.0. The molecule has 94 valence electrons. The summed E-state index contributed by atoms with van der Waals surface area (Å²) in [6, 6.07) is -0.237. The lowest BCUT2D eigenvalue weighted by atomic mass is 9.98. The van der Waals surface area contributed by atoms with Crippen molar-refractivity contribution >= 4 is 5.91 Å². The minimum Gasteiger partial charge on any atom is -0.377 e. The van der Waals surface area contributed by atoms with Crippen molar-refractivity contribution in [2.24, 2.45) is 5.92 Å². The molecule has 1 saturated heterocycles. The van der Waals surface area contributed by atoms with Gasteiger partial charge in [0.1, 0.15) is 0 Å². The number of aromatic nitrogens is 4. The molecule has 1 fully saturated rings. The third-order valence-electron chi connectivity index (χ3n) is 3.06. The van der Waals surface area contributed by atoms with Gasteiger partial charge in [0.15, 0.2) is 5.82 Å². The summed E-state index contributed by atoms with van der Waals surface area (Å²) in [5.41, 5.74) is 0. The molecule has 3 atom stereocenters. The lowest BCUT2D eigenvalue weighted by molar-refractivity contribution is -0.127. The summed E-state index contributed by atoms with van der Waals surface area (Å²) in [5.74, 6) is 0.436. The number of hydrogen-bond acceptors (Lipinski definition) is 5. The molecule has 1 aliphatic rings. The van der Waals surface area contributed by atoms with Gasteiger partial charge in [0, 0.05) is 6.61 Å². The number of tetrazole rings is 1. The predicted octanol–water partition coefficient (Wildman–Crippen LogP) is 0.192. The Bertz CT molecular complexity index is 367. The van der Waals surface area contributed by atoms with Gasteiger partial charge in [-0.2, -0.15) is 5.21 Å². The van der Waals surface area contributed by atoms with E-state index >= 15 is 0 Å². The van der Waals surface area contributed by atoms with E-state index in [0.29, 0.717) is 12.4 Å². The molecule has 17 heavy (non-hydrogen) atoms. The smallest absolute Gasteiger partial charge is 0.226 e. The van der Waals surface area contributed by atoms with Crippen molar-refractivity contribution in [2.45, 2.75) is 38.8 Å². The van der Waals surface area contributed by atoms with Crippen LogP contribution in [0, 0.1) is 5.92 Å². The summed E-state index contributed by atoms with van der Waals surface area (Å²) in [6.45, 7) is 4.52. The number of nitrogens with zero attached hydrogens (tertiary/aromatic N) is 3. The Labute approximate surface area is 99.3 Å². The molecule has 0 spiro atoms. The van der Waals surface area contributed by atoms with E-state index in [1.54, 1.807) is 0 Å². The molecule has 2 rings (SSSR count). The lowest BCUT2D eigenvalue weighted by Gasteiger charge is -2.18. The van der Waals surface area contributed by atoms with Crippen molar-refractivity contribution in [3.05, 3.63) is 5.82 Å². The molecule has 0 bridgehead atoms. The van der Waals surface area contributed by atoms with E-state index in [-0.39, 0.29) is 24.0 Å². The summed E-state index contributed by atoms with van der Waals surface area (Å²) in [4.78, 5) is 12.0. The molecule has 1 aliphatic heterocycles. The highest BCUT2D eigenvalue weighted by Gasteiger charge is 2.33. The van der Waals surface area contributed by atoms with E-state index in [9.17, 15) is 4.79 Å². The van der Waals surface area contributed by atoms with Gasteiger partial charge in [-0.05, 0) is 19.8 Å². The molecule has 2 heterocycles. The fourth-order valence-electron chi connectivity index (χ4n) is 2.09. The van der Waals surface area contributed by atoms with E-state index in [1.165, 1.54) is 0 Å². The zero-order valence-electron chi connectivity index (χ0n) is 10.0. The average molecular weight is 239 g/mol. The van der Waals surface area contributed by atoms with E-state index in [0.717, 1.165) is 12.8 Å². The van der Waals surface area contributed by atoms with Crippen LogP contribution in [0.4, 0.5) is 0 Å². The molecule has 1 aromatic rings. The van der Waals surface area contributed by atoms with Crippen LogP contribution in [-0.4, -0.2) is 39.2 Å².